The number of ether oxygens (including phenoxy) is 5. The highest BCUT2D eigenvalue weighted by Gasteiger charge is 2.51. The number of aliphatic hydroxyl groups is 1. The fraction of sp³-hybridized carbons (Fsp3) is 0.476. The largest absolute Gasteiger partial charge is 0.500 e. The molecule has 544 valence electrons. The number of urea groups is 2. The molecule has 11 heterocycles. The number of rotatable bonds is 5. The molecule has 9 aliphatic rings. The van der Waals surface area contributed by atoms with E-state index in [0.717, 1.165) is 34.8 Å². The second-order valence-corrected chi connectivity index (χ2v) is 28.7. The third-order valence-corrected chi connectivity index (χ3v) is 20.0. The number of aliphatic hydroxyl groups excluding tert-OH is 1. The van der Waals surface area contributed by atoms with E-state index in [-0.39, 0.29) is 70.5 Å². The van der Waals surface area contributed by atoms with Crippen LogP contribution in [0.25, 0.3) is 11.0 Å². The maximum absolute atomic E-state index is 14.6. The van der Waals surface area contributed by atoms with Crippen LogP contribution in [0.3, 0.4) is 0 Å². The maximum Gasteiger partial charge on any atom is 0.500 e. The summed E-state index contributed by atoms with van der Waals surface area (Å²) >= 11 is 0. The summed E-state index contributed by atoms with van der Waals surface area (Å²) in [5, 5.41) is 52.2. The molecule has 0 aliphatic carbocycles. The Morgan fingerprint density at radius 1 is 0.738 bits per heavy atom. The third kappa shape index (κ3) is 17.4. The van der Waals surface area contributed by atoms with Crippen molar-refractivity contribution in [3.63, 3.8) is 0 Å². The van der Waals surface area contributed by atoms with E-state index in [0.29, 0.717) is 0 Å². The fourth-order valence-corrected chi connectivity index (χ4v) is 14.7. The summed E-state index contributed by atoms with van der Waals surface area (Å²) < 4.78 is 87.3. The van der Waals surface area contributed by atoms with Gasteiger partial charge in [-0.2, -0.15) is 29.4 Å². The molecule has 4 aromatic rings. The molecule has 2 aromatic carbocycles. The van der Waals surface area contributed by atoms with Crippen LogP contribution in [0.2, 0.25) is 0 Å². The average molecular weight is 1470 g/mol. The lowest BCUT2D eigenvalue weighted by Crippen LogP contribution is -2.53. The lowest BCUT2D eigenvalue weighted by atomic mass is 10.0. The minimum Gasteiger partial charge on any atom is -0.390 e. The molecule has 9 aliphatic heterocycles. The summed E-state index contributed by atoms with van der Waals surface area (Å²) in [5.41, 5.74) is 12.1. The number of anilines is 1. The molecule has 8 unspecified atom stereocenters. The summed E-state index contributed by atoms with van der Waals surface area (Å²) in [6, 6.07) is 3.58. The molecule has 18 bridgehead atoms. The van der Waals surface area contributed by atoms with Gasteiger partial charge < -0.3 is 78.9 Å². The van der Waals surface area contributed by atoms with Crippen molar-refractivity contribution >= 4 is 97.4 Å². The van der Waals surface area contributed by atoms with Crippen molar-refractivity contribution in [1.29, 1.82) is 0 Å². The molecule has 103 heavy (non-hydrogen) atoms. The number of carbonyl (C=O) groups excluding carboxylic acids is 7. The van der Waals surface area contributed by atoms with Gasteiger partial charge in [0.15, 0.2) is 17.9 Å². The van der Waals surface area contributed by atoms with Gasteiger partial charge in [0.1, 0.15) is 67.0 Å². The lowest BCUT2D eigenvalue weighted by Gasteiger charge is -2.26. The van der Waals surface area contributed by atoms with Crippen molar-refractivity contribution in [3.8, 4) is 35.5 Å². The first-order chi connectivity index (χ1) is 49.1. The average Bonchev–Trinajstić information content (AvgIpc) is 1.82. The monoisotopic (exact) mass is 1470 g/mol. The molecule has 9 amide bonds. The first kappa shape index (κ1) is 74.5. The van der Waals surface area contributed by atoms with Crippen LogP contribution in [0, 0.1) is 67.6 Å². The Labute approximate surface area is 585 Å². The van der Waals surface area contributed by atoms with E-state index in [9.17, 15) is 68.0 Å². The Balaban J connectivity index is 0.980. The summed E-state index contributed by atoms with van der Waals surface area (Å²) in [6.45, 7) is 1.53. The minimum atomic E-state index is -4.34. The number of hydrogen-bond acceptors (Lipinski definition) is 28. The summed E-state index contributed by atoms with van der Waals surface area (Å²) in [7, 11) is -7.28. The molecule has 13 rings (SSSR count). The van der Waals surface area contributed by atoms with Crippen LogP contribution < -0.4 is 43.4 Å². The zero-order valence-electron chi connectivity index (χ0n) is 55.6. The number of nitrogens with zero attached hydrogens (tertiary/aromatic N) is 7. The SMILES string of the molecule is COC[C@H]1O[C@@H]2C[C@@H]1OP(C)(=O)OC[C@H]1O[C@@H]3C[C@@H]1OP(C)(=O)OC[C@H]1O[C@H](C[C@@H]1O)n1cc(c4c(N)ncnc41)C#Cc1ccc(c([N+](=O)[O-])c1)C(C)NC(CN)C(=O)NCC(OC(C)c1ccc(cc1[N+](=O)[O-])C#CC1C=[N+]3C(=O)NC1=O)C(=O)NCC(=O)NCC#CC1C=[N+]2C(=O)NC1=O. The van der Waals surface area contributed by atoms with Crippen LogP contribution in [0.1, 0.15) is 79.3 Å². The van der Waals surface area contributed by atoms with Gasteiger partial charge in [-0.3, -0.25) is 49.1 Å². The number of nitro groups is 2. The van der Waals surface area contributed by atoms with Crippen LogP contribution in [-0.4, -0.2) is 220 Å². The summed E-state index contributed by atoms with van der Waals surface area (Å²) in [4.78, 5) is 128. The molecular weight excluding hydrogens is 1400 g/mol. The Morgan fingerprint density at radius 3 is 2.03 bits per heavy atom. The van der Waals surface area contributed by atoms with Crippen molar-refractivity contribution in [2.24, 2.45) is 17.6 Å². The van der Waals surface area contributed by atoms with Gasteiger partial charge in [-0.25, -0.2) is 19.6 Å². The molecule has 2 aromatic heterocycles. The van der Waals surface area contributed by atoms with Gasteiger partial charge >= 0.3 is 39.1 Å². The molecular formula is C63H71N15O23P2+2. The van der Waals surface area contributed by atoms with Crippen molar-refractivity contribution in [1.82, 2.24) is 46.4 Å². The maximum atomic E-state index is 14.6. The second kappa shape index (κ2) is 31.5. The van der Waals surface area contributed by atoms with E-state index in [1.165, 1.54) is 74.6 Å². The predicted molar refractivity (Wildman–Crippen MR) is 354 cm³/mol. The van der Waals surface area contributed by atoms with E-state index < -0.39 is 209 Å². The zero-order chi connectivity index (χ0) is 73.8. The predicted octanol–water partition coefficient (Wildman–Crippen LogP) is -0.0425. The summed E-state index contributed by atoms with van der Waals surface area (Å²) in [5.74, 6) is 9.42. The fourth-order valence-electron chi connectivity index (χ4n) is 12.3. The number of aromatic nitrogens is 3. The number of fused-ring (bicyclic) bond motifs is 21. The topological polar surface area (TPSA) is 504 Å². The highest BCUT2D eigenvalue weighted by Crippen LogP contribution is 2.52. The number of imide groups is 2. The van der Waals surface area contributed by atoms with Gasteiger partial charge in [0.05, 0.1) is 84.1 Å². The molecule has 40 heteroatoms. The lowest BCUT2D eigenvalue weighted by molar-refractivity contribution is -0.526. The number of nitrogen functional groups attached to an aromatic ring is 1. The van der Waals surface area contributed by atoms with Gasteiger partial charge in [-0.15, -0.1) is 0 Å². The highest BCUT2D eigenvalue weighted by molar-refractivity contribution is 7.53. The third-order valence-electron chi connectivity index (χ3n) is 17.4. The number of benzene rings is 2. The van der Waals surface area contributed by atoms with Crippen LogP contribution in [0.15, 0.2) is 48.9 Å². The highest BCUT2D eigenvalue weighted by atomic mass is 31.2. The molecule has 3 saturated heterocycles. The van der Waals surface area contributed by atoms with Crippen LogP contribution in [-0.2, 0) is 74.9 Å². The number of nitro benzene ring substituents is 2. The molecule has 0 spiro atoms. The van der Waals surface area contributed by atoms with Gasteiger partial charge in [-0.1, -0.05) is 35.5 Å². The van der Waals surface area contributed by atoms with E-state index in [2.05, 4.69) is 77.4 Å². The van der Waals surface area contributed by atoms with Crippen molar-refractivity contribution in [2.45, 2.75) is 113 Å². The normalized spacial score (nSPS) is 32.0. The van der Waals surface area contributed by atoms with E-state index in [4.69, 9.17) is 53.2 Å². The standard InChI is InChI=1S/C63H69N15O23P2/c1-32-39-14-10-34(17-42(39)77(87)88)8-12-36-25-74(57-55(36)56(65)69-31-70-57)52-19-44(79)48(97-52)29-94-102(4,91)101-46-21-54-76-27-38(59(82)73-63(76)86)13-9-35-11-15-40(43(18-35)78(89)90)33(2)96-47(23-67-60(83)41(22-64)71-32)61(84)68-24-51(80)66-16-6-7-37-26-75(62(85)72-58(37)81)53-20-45(49(98-53)28-93-3)100-103(5,92)95-30-50(46)99-54/h10-11,14-15,17-18,25-27,31-33,37-38,41,44-50,52-54,71,79H,16,19-24,28-30,64H2,1-5H3,(H5-2,65,66,67,68,69,70,72,73,80,81,82,83,84,85,86)/p+2/t32?,33?,37?,38?,41?,44-,45-,46-,47?,48+,49+,50+,52+,53+,54+,102?,103?/m0/s1. The van der Waals surface area contributed by atoms with Gasteiger partial charge in [0.25, 0.3) is 17.3 Å². The van der Waals surface area contributed by atoms with E-state index in [1.54, 1.807) is 0 Å². The van der Waals surface area contributed by atoms with E-state index >= 15 is 0 Å². The minimum absolute atomic E-state index is 0.000117. The Morgan fingerprint density at radius 2 is 1.36 bits per heavy atom. The van der Waals surface area contributed by atoms with Gasteiger partial charge in [-0.05, 0) is 38.1 Å². The van der Waals surface area contributed by atoms with Crippen LogP contribution >= 0.6 is 15.2 Å². The number of carbonyl (C=O) groups is 7. The quantitative estimate of drug-likeness (QED) is 0.0416. The molecule has 38 nitrogen and oxygen atoms in total. The smallest absolute Gasteiger partial charge is 0.390 e. The molecule has 0 radical (unpaired) electrons. The number of amides is 9. The van der Waals surface area contributed by atoms with Crippen LogP contribution in [0.4, 0.5) is 26.8 Å². The first-order valence-electron chi connectivity index (χ1n) is 32.1. The van der Waals surface area contributed by atoms with Crippen molar-refractivity contribution in [2.75, 3.05) is 72.2 Å². The first-order valence-corrected chi connectivity index (χ1v) is 36.1. The van der Waals surface area contributed by atoms with Crippen molar-refractivity contribution < 1.29 is 109 Å². The zero-order valence-corrected chi connectivity index (χ0v) is 57.4. The van der Waals surface area contributed by atoms with Crippen LogP contribution in [0.5, 0.6) is 0 Å². The second-order valence-electron chi connectivity index (χ2n) is 24.7. The Bertz CT molecular complexity index is 4500. The van der Waals surface area contributed by atoms with Gasteiger partial charge in [0.2, 0.25) is 24.3 Å². The van der Waals surface area contributed by atoms with E-state index in [1.807, 2.05) is 0 Å². The van der Waals surface area contributed by atoms with Gasteiger partial charge in [0, 0.05) is 87.3 Å². The Kier molecular flexibility index (Phi) is 22.8. The number of methoxy groups -OCH3 is 1. The molecule has 3 fully saturated rings. The molecule has 11 N–H and O–H groups in total. The molecule has 0 saturated carbocycles. The Hall–Kier alpha value is -9.65. The summed E-state index contributed by atoms with van der Waals surface area (Å²) in [6.07, 6.45) is -9.60. The molecule has 17 atom stereocenters. The van der Waals surface area contributed by atoms with Crippen molar-refractivity contribution in [3.05, 3.63) is 97.0 Å². The number of hydrogen-bond donors (Lipinski definition) is 9. The number of nitrogens with one attached hydrogen (secondary N) is 6. The number of nitrogens with two attached hydrogens (primary N) is 2.